The zero-order valence-electron chi connectivity index (χ0n) is 13.0. The van der Waals surface area contributed by atoms with Crippen molar-refractivity contribution in [1.82, 2.24) is 5.32 Å². The highest BCUT2D eigenvalue weighted by molar-refractivity contribution is 9.10. The normalized spacial score (nSPS) is 10.8. The summed E-state index contributed by atoms with van der Waals surface area (Å²) >= 11 is 3.28. The number of nitrogens with zero attached hydrogens (tertiary/aromatic N) is 1. The summed E-state index contributed by atoms with van der Waals surface area (Å²) in [6.07, 6.45) is 2.80. The molecule has 0 saturated heterocycles. The average Bonchev–Trinajstić information content (AvgIpc) is 2.54. The van der Waals surface area contributed by atoms with E-state index in [0.717, 1.165) is 15.7 Å². The molecule has 0 saturated carbocycles. The van der Waals surface area contributed by atoms with Gasteiger partial charge in [-0.15, -0.1) is 0 Å². The molecule has 0 atom stereocenters. The second kappa shape index (κ2) is 7.92. The summed E-state index contributed by atoms with van der Waals surface area (Å²) in [5.41, 5.74) is 2.47. The van der Waals surface area contributed by atoms with Crippen LogP contribution in [0.4, 0.5) is 10.1 Å². The number of carbonyl (C=O) groups is 1. The van der Waals surface area contributed by atoms with Crippen LogP contribution in [0.25, 0.3) is 6.08 Å². The number of carbonyl (C=O) groups excluding carboxylic acids is 1. The van der Waals surface area contributed by atoms with Crippen LogP contribution in [0.3, 0.4) is 0 Å². The number of nitrogens with one attached hydrogen (secondary N) is 1. The largest absolute Gasteiger partial charge is 0.378 e. The second-order valence-corrected chi connectivity index (χ2v) is 6.19. The molecule has 0 aliphatic carbocycles. The molecule has 0 spiro atoms. The lowest BCUT2D eigenvalue weighted by Gasteiger charge is -2.12. The number of halogens is 2. The van der Waals surface area contributed by atoms with E-state index in [1.54, 1.807) is 12.1 Å². The van der Waals surface area contributed by atoms with Crippen LogP contribution in [0, 0.1) is 5.82 Å². The predicted molar refractivity (Wildman–Crippen MR) is 95.7 cm³/mol. The molecule has 0 heterocycles. The summed E-state index contributed by atoms with van der Waals surface area (Å²) in [6, 6.07) is 12.5. The monoisotopic (exact) mass is 376 g/mol. The molecule has 5 heteroatoms. The zero-order valence-corrected chi connectivity index (χ0v) is 14.6. The minimum Gasteiger partial charge on any atom is -0.378 e. The fourth-order valence-corrected chi connectivity index (χ4v) is 2.35. The van der Waals surface area contributed by atoms with E-state index >= 15 is 0 Å². The fraction of sp³-hybridized carbons (Fsp3) is 0.167. The Labute approximate surface area is 143 Å². The van der Waals surface area contributed by atoms with Gasteiger partial charge in [-0.2, -0.15) is 0 Å². The third kappa shape index (κ3) is 5.21. The van der Waals surface area contributed by atoms with Crippen molar-refractivity contribution >= 4 is 33.6 Å². The van der Waals surface area contributed by atoms with Crippen molar-refractivity contribution in [2.75, 3.05) is 19.0 Å². The molecule has 120 valence electrons. The number of rotatable bonds is 5. The highest BCUT2D eigenvalue weighted by Crippen LogP contribution is 2.16. The van der Waals surface area contributed by atoms with Gasteiger partial charge in [-0.3, -0.25) is 4.79 Å². The zero-order chi connectivity index (χ0) is 16.8. The molecule has 0 aliphatic rings. The van der Waals surface area contributed by atoms with E-state index in [9.17, 15) is 9.18 Å². The highest BCUT2D eigenvalue weighted by atomic mass is 79.9. The first kappa shape index (κ1) is 17.2. The molecule has 3 nitrogen and oxygen atoms in total. The van der Waals surface area contributed by atoms with Crippen LogP contribution in [0.2, 0.25) is 0 Å². The van der Waals surface area contributed by atoms with Gasteiger partial charge in [0.2, 0.25) is 5.91 Å². The maximum atomic E-state index is 13.6. The molecule has 0 aliphatic heterocycles. The van der Waals surface area contributed by atoms with Crippen LogP contribution in [0.15, 0.2) is 53.0 Å². The molecule has 0 fully saturated rings. The summed E-state index contributed by atoms with van der Waals surface area (Å²) in [4.78, 5) is 13.8. The smallest absolute Gasteiger partial charge is 0.244 e. The van der Waals surface area contributed by atoms with Crippen molar-refractivity contribution in [3.63, 3.8) is 0 Å². The molecule has 0 aromatic heterocycles. The lowest BCUT2D eigenvalue weighted by atomic mass is 10.2. The Morgan fingerprint density at radius 2 is 1.91 bits per heavy atom. The maximum Gasteiger partial charge on any atom is 0.244 e. The SMILES string of the molecule is CN(C)c1ccc(CNC(=O)/C=C/c2cc(Br)ccc2F)cc1. The minimum absolute atomic E-state index is 0.263. The van der Waals surface area contributed by atoms with Crippen LogP contribution in [0.1, 0.15) is 11.1 Å². The molecule has 0 radical (unpaired) electrons. The molecule has 23 heavy (non-hydrogen) atoms. The van der Waals surface area contributed by atoms with Gasteiger partial charge in [0.15, 0.2) is 0 Å². The number of hydrogen-bond acceptors (Lipinski definition) is 2. The summed E-state index contributed by atoms with van der Waals surface area (Å²) in [6.45, 7) is 0.428. The first-order chi connectivity index (χ1) is 11.0. The standard InChI is InChI=1S/C18H18BrFN2O/c1-22(2)16-7-3-13(4-8-16)12-21-18(23)10-5-14-11-15(19)6-9-17(14)20/h3-11H,12H2,1-2H3,(H,21,23)/b10-5+. The molecule has 2 aromatic carbocycles. The topological polar surface area (TPSA) is 32.3 Å². The predicted octanol–water partition coefficient (Wildman–Crippen LogP) is 3.98. The Bertz CT molecular complexity index is 711. The molecule has 0 unspecified atom stereocenters. The summed E-state index contributed by atoms with van der Waals surface area (Å²) in [5, 5.41) is 2.78. The fourth-order valence-electron chi connectivity index (χ4n) is 1.97. The van der Waals surface area contributed by atoms with Crippen molar-refractivity contribution in [3.8, 4) is 0 Å². The molecule has 2 rings (SSSR count). The van der Waals surface area contributed by atoms with Gasteiger partial charge in [-0.25, -0.2) is 4.39 Å². The summed E-state index contributed by atoms with van der Waals surface area (Å²) in [5.74, 6) is -0.627. The van der Waals surface area contributed by atoms with Gasteiger partial charge in [0.05, 0.1) is 0 Å². The Morgan fingerprint density at radius 3 is 2.57 bits per heavy atom. The summed E-state index contributed by atoms with van der Waals surface area (Å²) < 4.78 is 14.3. The Balaban J connectivity index is 1.92. The van der Waals surface area contributed by atoms with Crippen molar-refractivity contribution in [2.45, 2.75) is 6.54 Å². The first-order valence-corrected chi connectivity index (χ1v) is 7.92. The van der Waals surface area contributed by atoms with Gasteiger partial charge in [0, 0.05) is 42.4 Å². The van der Waals surface area contributed by atoms with E-state index in [2.05, 4.69) is 21.2 Å². The van der Waals surface area contributed by atoms with Gasteiger partial charge in [-0.1, -0.05) is 28.1 Å². The van der Waals surface area contributed by atoms with E-state index in [4.69, 9.17) is 0 Å². The number of amides is 1. The van der Waals surface area contributed by atoms with E-state index < -0.39 is 0 Å². The van der Waals surface area contributed by atoms with Crippen LogP contribution in [-0.4, -0.2) is 20.0 Å². The number of hydrogen-bond donors (Lipinski definition) is 1. The number of benzene rings is 2. The highest BCUT2D eigenvalue weighted by Gasteiger charge is 2.01. The van der Waals surface area contributed by atoms with Crippen molar-refractivity contribution in [1.29, 1.82) is 0 Å². The van der Waals surface area contributed by atoms with Gasteiger partial charge >= 0.3 is 0 Å². The van der Waals surface area contributed by atoms with E-state index in [1.807, 2.05) is 43.3 Å². The van der Waals surface area contributed by atoms with Crippen LogP contribution >= 0.6 is 15.9 Å². The van der Waals surface area contributed by atoms with Gasteiger partial charge in [0.1, 0.15) is 5.82 Å². The van der Waals surface area contributed by atoms with Crippen molar-refractivity contribution < 1.29 is 9.18 Å². The maximum absolute atomic E-state index is 13.6. The van der Waals surface area contributed by atoms with Crippen LogP contribution < -0.4 is 10.2 Å². The van der Waals surface area contributed by atoms with E-state index in [0.29, 0.717) is 12.1 Å². The van der Waals surface area contributed by atoms with Crippen LogP contribution in [-0.2, 0) is 11.3 Å². The molecule has 1 amide bonds. The Morgan fingerprint density at radius 1 is 1.22 bits per heavy atom. The minimum atomic E-state index is -0.364. The third-order valence-electron chi connectivity index (χ3n) is 3.29. The third-order valence-corrected chi connectivity index (χ3v) is 3.79. The average molecular weight is 377 g/mol. The first-order valence-electron chi connectivity index (χ1n) is 7.13. The lowest BCUT2D eigenvalue weighted by Crippen LogP contribution is -2.20. The Kier molecular flexibility index (Phi) is 5.93. The molecule has 2 aromatic rings. The summed E-state index contributed by atoms with van der Waals surface area (Å²) in [7, 11) is 3.95. The molecular weight excluding hydrogens is 359 g/mol. The lowest BCUT2D eigenvalue weighted by molar-refractivity contribution is -0.116. The van der Waals surface area contributed by atoms with Crippen molar-refractivity contribution in [3.05, 3.63) is 70.0 Å². The molecular formula is C18H18BrFN2O. The molecule has 0 bridgehead atoms. The van der Waals surface area contributed by atoms with Crippen LogP contribution in [0.5, 0.6) is 0 Å². The quantitative estimate of drug-likeness (QED) is 0.800. The van der Waals surface area contributed by atoms with E-state index in [-0.39, 0.29) is 11.7 Å². The van der Waals surface area contributed by atoms with E-state index in [1.165, 1.54) is 18.2 Å². The number of anilines is 1. The van der Waals surface area contributed by atoms with Gasteiger partial charge in [-0.05, 0) is 42.0 Å². The second-order valence-electron chi connectivity index (χ2n) is 5.28. The van der Waals surface area contributed by atoms with Gasteiger partial charge in [0.25, 0.3) is 0 Å². The van der Waals surface area contributed by atoms with Crippen molar-refractivity contribution in [2.24, 2.45) is 0 Å². The Hall–Kier alpha value is -2.14. The van der Waals surface area contributed by atoms with Gasteiger partial charge < -0.3 is 10.2 Å². The molecule has 1 N–H and O–H groups in total.